The second kappa shape index (κ2) is 8.69. The van der Waals surface area contributed by atoms with E-state index in [2.05, 4.69) is 44.9 Å². The molecule has 5 heteroatoms. The van der Waals surface area contributed by atoms with Crippen LogP contribution in [0.25, 0.3) is 11.4 Å². The third-order valence-electron chi connectivity index (χ3n) is 5.54. The normalized spacial score (nSPS) is 19.1. The van der Waals surface area contributed by atoms with Crippen LogP contribution in [0.2, 0.25) is 0 Å². The van der Waals surface area contributed by atoms with E-state index in [1.54, 1.807) is 0 Å². The number of hydrogen-bond acceptors (Lipinski definition) is 4. The van der Waals surface area contributed by atoms with Gasteiger partial charge in [0.2, 0.25) is 0 Å². The minimum atomic E-state index is 0.718. The Bertz CT molecular complexity index is 671. The molecule has 0 N–H and O–H groups in total. The van der Waals surface area contributed by atoms with Crippen LogP contribution in [0.4, 0.5) is 0 Å². The molecule has 2 aromatic rings. The van der Waals surface area contributed by atoms with Crippen molar-refractivity contribution in [2.75, 3.05) is 39.5 Å². The molecule has 0 amide bonds. The van der Waals surface area contributed by atoms with E-state index in [9.17, 15) is 0 Å². The molecule has 0 radical (unpaired) electrons. The Morgan fingerprint density at radius 1 is 1.08 bits per heavy atom. The molecule has 2 heterocycles. The van der Waals surface area contributed by atoms with E-state index in [1.807, 2.05) is 6.20 Å². The molecule has 0 unspecified atom stereocenters. The zero-order valence-corrected chi connectivity index (χ0v) is 15.5. The van der Waals surface area contributed by atoms with Gasteiger partial charge in [-0.1, -0.05) is 12.8 Å². The lowest BCUT2D eigenvalue weighted by Crippen LogP contribution is -2.38. The molecule has 5 nitrogen and oxygen atoms in total. The van der Waals surface area contributed by atoms with Gasteiger partial charge in [0.05, 0.1) is 13.2 Å². The number of morpholine rings is 1. The number of nitrogens with zero attached hydrogens (tertiary/aromatic N) is 3. The summed E-state index contributed by atoms with van der Waals surface area (Å²) in [5, 5.41) is 0. The summed E-state index contributed by atoms with van der Waals surface area (Å²) in [5.41, 5.74) is 1.16. The molecule has 1 aliphatic carbocycles. The molecule has 2 fully saturated rings. The zero-order chi connectivity index (χ0) is 17.6. The van der Waals surface area contributed by atoms with Gasteiger partial charge in [0.25, 0.3) is 0 Å². The molecule has 0 atom stereocenters. The summed E-state index contributed by atoms with van der Waals surface area (Å²) in [7, 11) is 0. The van der Waals surface area contributed by atoms with E-state index in [-0.39, 0.29) is 0 Å². The van der Waals surface area contributed by atoms with Crippen molar-refractivity contribution in [3.8, 4) is 17.1 Å². The van der Waals surface area contributed by atoms with Gasteiger partial charge in [0, 0.05) is 44.1 Å². The van der Waals surface area contributed by atoms with Crippen LogP contribution in [0.1, 0.15) is 25.7 Å². The average Bonchev–Trinajstić information content (AvgIpc) is 3.36. The summed E-state index contributed by atoms with van der Waals surface area (Å²) in [6, 6.07) is 8.36. The molecule has 1 aliphatic heterocycles. The van der Waals surface area contributed by atoms with Crippen molar-refractivity contribution >= 4 is 0 Å². The molecule has 0 spiro atoms. The van der Waals surface area contributed by atoms with Gasteiger partial charge in [-0.25, -0.2) is 4.98 Å². The second-order valence-corrected chi connectivity index (χ2v) is 7.38. The Morgan fingerprint density at radius 3 is 2.62 bits per heavy atom. The molecular formula is C21H29N3O2. The van der Waals surface area contributed by atoms with Gasteiger partial charge in [-0.3, -0.25) is 4.90 Å². The first kappa shape index (κ1) is 17.6. The third-order valence-corrected chi connectivity index (χ3v) is 5.54. The van der Waals surface area contributed by atoms with Crippen LogP contribution < -0.4 is 4.74 Å². The average molecular weight is 355 g/mol. The van der Waals surface area contributed by atoms with E-state index < -0.39 is 0 Å². The Hall–Kier alpha value is -1.85. The van der Waals surface area contributed by atoms with Gasteiger partial charge in [-0.15, -0.1) is 0 Å². The van der Waals surface area contributed by atoms with Crippen molar-refractivity contribution in [2.45, 2.75) is 32.2 Å². The smallest absolute Gasteiger partial charge is 0.139 e. The van der Waals surface area contributed by atoms with E-state index >= 15 is 0 Å². The quantitative estimate of drug-likeness (QED) is 0.763. The first-order valence-electron chi connectivity index (χ1n) is 9.93. The number of benzene rings is 1. The summed E-state index contributed by atoms with van der Waals surface area (Å²) >= 11 is 0. The van der Waals surface area contributed by atoms with Crippen LogP contribution in [-0.4, -0.2) is 53.9 Å². The van der Waals surface area contributed by atoms with E-state index in [4.69, 9.17) is 9.47 Å². The van der Waals surface area contributed by atoms with Gasteiger partial charge in [0.15, 0.2) is 0 Å². The number of hydrogen-bond donors (Lipinski definition) is 0. The van der Waals surface area contributed by atoms with Crippen LogP contribution in [0.15, 0.2) is 36.7 Å². The lowest BCUT2D eigenvalue weighted by molar-refractivity contribution is 0.0322. The summed E-state index contributed by atoms with van der Waals surface area (Å²) in [6.07, 6.45) is 9.49. The van der Waals surface area contributed by atoms with Crippen molar-refractivity contribution in [3.63, 3.8) is 0 Å². The van der Waals surface area contributed by atoms with Crippen molar-refractivity contribution in [1.82, 2.24) is 14.5 Å². The van der Waals surface area contributed by atoms with Crippen LogP contribution in [0.3, 0.4) is 0 Å². The lowest BCUT2D eigenvalue weighted by Gasteiger charge is -2.26. The summed E-state index contributed by atoms with van der Waals surface area (Å²) in [4.78, 5) is 6.97. The maximum Gasteiger partial charge on any atom is 0.139 e. The predicted octanol–water partition coefficient (Wildman–Crippen LogP) is 3.45. The third kappa shape index (κ3) is 4.46. The van der Waals surface area contributed by atoms with E-state index in [1.165, 1.54) is 25.7 Å². The minimum Gasteiger partial charge on any atom is -0.492 e. The molecule has 1 saturated heterocycles. The highest BCUT2D eigenvalue weighted by atomic mass is 16.5. The number of rotatable bonds is 7. The summed E-state index contributed by atoms with van der Waals surface area (Å²) < 4.78 is 13.6. The van der Waals surface area contributed by atoms with Crippen molar-refractivity contribution < 1.29 is 9.47 Å². The first-order valence-corrected chi connectivity index (χ1v) is 9.93. The molecule has 1 aromatic heterocycles. The number of aromatic nitrogens is 2. The number of imidazole rings is 1. The van der Waals surface area contributed by atoms with Crippen LogP contribution >= 0.6 is 0 Å². The Balaban J connectivity index is 1.32. The fraction of sp³-hybridized carbons (Fsp3) is 0.571. The second-order valence-electron chi connectivity index (χ2n) is 7.38. The predicted molar refractivity (Wildman–Crippen MR) is 102 cm³/mol. The number of ether oxygens (including phenoxy) is 2. The Labute approximate surface area is 155 Å². The molecule has 26 heavy (non-hydrogen) atoms. The first-order chi connectivity index (χ1) is 12.9. The minimum absolute atomic E-state index is 0.718. The van der Waals surface area contributed by atoms with Gasteiger partial charge >= 0.3 is 0 Å². The molecule has 140 valence electrons. The topological polar surface area (TPSA) is 39.5 Å². The van der Waals surface area contributed by atoms with Gasteiger partial charge in [0.1, 0.15) is 18.2 Å². The largest absolute Gasteiger partial charge is 0.492 e. The SMILES string of the molecule is c1cn(CC2CCCC2)c(-c2ccc(OCCN3CCOCC3)cc2)n1. The molecule has 1 saturated carbocycles. The summed E-state index contributed by atoms with van der Waals surface area (Å²) in [6.45, 7) is 6.45. The summed E-state index contributed by atoms with van der Waals surface area (Å²) in [5.74, 6) is 2.80. The maximum absolute atomic E-state index is 5.91. The zero-order valence-electron chi connectivity index (χ0n) is 15.5. The standard InChI is InChI=1S/C21H29N3O2/c1-2-4-18(3-1)17-24-10-9-22-21(24)19-5-7-20(8-6-19)26-16-13-23-11-14-25-15-12-23/h5-10,18H,1-4,11-17H2. The lowest BCUT2D eigenvalue weighted by atomic mass is 10.1. The molecule has 4 rings (SSSR count). The monoisotopic (exact) mass is 355 g/mol. The molecule has 1 aromatic carbocycles. The van der Waals surface area contributed by atoms with Crippen molar-refractivity contribution in [2.24, 2.45) is 5.92 Å². The van der Waals surface area contributed by atoms with Crippen LogP contribution in [0.5, 0.6) is 5.75 Å². The molecular weight excluding hydrogens is 326 g/mol. The molecule has 2 aliphatic rings. The van der Waals surface area contributed by atoms with E-state index in [0.29, 0.717) is 0 Å². The molecule has 0 bridgehead atoms. The highest BCUT2D eigenvalue weighted by molar-refractivity contribution is 5.56. The van der Waals surface area contributed by atoms with Crippen LogP contribution in [0, 0.1) is 5.92 Å². The van der Waals surface area contributed by atoms with Crippen molar-refractivity contribution in [1.29, 1.82) is 0 Å². The fourth-order valence-electron chi connectivity index (χ4n) is 4.01. The maximum atomic E-state index is 5.91. The Morgan fingerprint density at radius 2 is 1.85 bits per heavy atom. The van der Waals surface area contributed by atoms with Crippen molar-refractivity contribution in [3.05, 3.63) is 36.7 Å². The van der Waals surface area contributed by atoms with E-state index in [0.717, 1.165) is 69.1 Å². The van der Waals surface area contributed by atoms with Gasteiger partial charge < -0.3 is 14.0 Å². The van der Waals surface area contributed by atoms with Gasteiger partial charge in [-0.05, 0) is 43.0 Å². The van der Waals surface area contributed by atoms with Gasteiger partial charge in [-0.2, -0.15) is 0 Å². The highest BCUT2D eigenvalue weighted by Crippen LogP contribution is 2.28. The highest BCUT2D eigenvalue weighted by Gasteiger charge is 2.17. The Kier molecular flexibility index (Phi) is 5.87. The van der Waals surface area contributed by atoms with Crippen LogP contribution in [-0.2, 0) is 11.3 Å². The fourth-order valence-corrected chi connectivity index (χ4v) is 4.01.